The number of hydrogen-bond donors (Lipinski definition) is 0. The van der Waals surface area contributed by atoms with Gasteiger partial charge >= 0.3 is 0 Å². The molecule has 0 saturated carbocycles. The molecule has 0 N–H and O–H groups in total. The first-order valence-corrected chi connectivity index (χ1v) is 12.1. The maximum absolute atomic E-state index is 13.2. The van der Waals surface area contributed by atoms with E-state index in [-0.39, 0.29) is 4.90 Å². The van der Waals surface area contributed by atoms with Gasteiger partial charge in [0.15, 0.2) is 0 Å². The fraction of sp³-hybridized carbons (Fsp3) is 0.435. The van der Waals surface area contributed by atoms with Crippen molar-refractivity contribution in [3.63, 3.8) is 0 Å². The van der Waals surface area contributed by atoms with E-state index < -0.39 is 10.0 Å². The molecule has 30 heavy (non-hydrogen) atoms. The highest BCUT2D eigenvalue weighted by atomic mass is 32.2. The third kappa shape index (κ3) is 3.96. The van der Waals surface area contributed by atoms with Crippen LogP contribution in [-0.2, 0) is 27.7 Å². The van der Waals surface area contributed by atoms with Crippen LogP contribution in [0.4, 0.5) is 5.69 Å². The van der Waals surface area contributed by atoms with Crippen LogP contribution in [-0.4, -0.2) is 38.2 Å². The minimum atomic E-state index is -3.66. The summed E-state index contributed by atoms with van der Waals surface area (Å²) in [6.07, 6.45) is 3.96. The van der Waals surface area contributed by atoms with E-state index in [0.717, 1.165) is 62.3 Å². The highest BCUT2D eigenvalue weighted by Gasteiger charge is 2.25. The summed E-state index contributed by atoms with van der Waals surface area (Å²) in [6.45, 7) is 4.66. The van der Waals surface area contributed by atoms with E-state index in [1.807, 2.05) is 24.3 Å². The zero-order valence-corrected chi connectivity index (χ0v) is 18.4. The number of hydrogen-bond acceptors (Lipinski definition) is 4. The Balaban J connectivity index is 1.77. The molecular formula is C23H29N3O3S. The van der Waals surface area contributed by atoms with Crippen molar-refractivity contribution in [1.82, 2.24) is 9.55 Å². The first-order chi connectivity index (χ1) is 14.5. The lowest BCUT2D eigenvalue weighted by atomic mass is 10.00. The maximum atomic E-state index is 13.2. The van der Waals surface area contributed by atoms with Crippen molar-refractivity contribution in [3.05, 3.63) is 54.4 Å². The van der Waals surface area contributed by atoms with Crippen molar-refractivity contribution in [3.8, 4) is 0 Å². The molecule has 2 heterocycles. The smallest absolute Gasteiger partial charge is 0.264 e. The van der Waals surface area contributed by atoms with Gasteiger partial charge in [0.2, 0.25) is 0 Å². The molecule has 160 valence electrons. The lowest BCUT2D eigenvalue weighted by Crippen LogP contribution is -2.26. The Hall–Kier alpha value is -2.38. The van der Waals surface area contributed by atoms with Crippen LogP contribution in [0.3, 0.4) is 0 Å². The van der Waals surface area contributed by atoms with Gasteiger partial charge < -0.3 is 9.30 Å². The second-order valence-corrected chi connectivity index (χ2v) is 9.84. The van der Waals surface area contributed by atoms with E-state index >= 15 is 0 Å². The van der Waals surface area contributed by atoms with Gasteiger partial charge in [-0.15, -0.1) is 0 Å². The summed E-state index contributed by atoms with van der Waals surface area (Å²) in [5.41, 5.74) is 2.35. The standard InChI is InChI=1S/C23H29N3O3S/c1-3-8-22-24-23-20(25(2)30(27,28)19-9-5-4-6-10-19)11-7-12-21(23)26(22)17-18-13-15-29-16-14-18/h4-7,9-12,18H,3,8,13-17H2,1-2H3. The molecule has 3 aromatic rings. The van der Waals surface area contributed by atoms with Crippen LogP contribution in [0.2, 0.25) is 0 Å². The van der Waals surface area contributed by atoms with Crippen molar-refractivity contribution in [2.24, 2.45) is 5.92 Å². The molecule has 1 aromatic heterocycles. The van der Waals surface area contributed by atoms with E-state index in [2.05, 4.69) is 11.5 Å². The first-order valence-electron chi connectivity index (χ1n) is 10.6. The number of nitrogens with zero attached hydrogens (tertiary/aromatic N) is 3. The SMILES string of the molecule is CCCc1nc2c(N(C)S(=O)(=O)c3ccccc3)cccc2n1CC1CCOCC1. The topological polar surface area (TPSA) is 64.4 Å². The summed E-state index contributed by atoms with van der Waals surface area (Å²) >= 11 is 0. The van der Waals surface area contributed by atoms with Crippen molar-refractivity contribution in [1.29, 1.82) is 0 Å². The van der Waals surface area contributed by atoms with Crippen molar-refractivity contribution in [2.45, 2.75) is 44.0 Å². The molecule has 0 spiro atoms. The van der Waals surface area contributed by atoms with Gasteiger partial charge in [0.25, 0.3) is 10.0 Å². The van der Waals surface area contributed by atoms with Crippen molar-refractivity contribution >= 4 is 26.7 Å². The Morgan fingerprint density at radius 1 is 1.10 bits per heavy atom. The molecule has 0 aliphatic carbocycles. The average molecular weight is 428 g/mol. The molecule has 0 bridgehead atoms. The molecule has 0 unspecified atom stereocenters. The molecule has 1 fully saturated rings. The van der Waals surface area contributed by atoms with Crippen LogP contribution >= 0.6 is 0 Å². The molecule has 4 rings (SSSR count). The number of benzene rings is 2. The fourth-order valence-electron chi connectivity index (χ4n) is 4.12. The number of ether oxygens (including phenoxy) is 1. The van der Waals surface area contributed by atoms with Gasteiger partial charge in [0, 0.05) is 33.2 Å². The third-order valence-electron chi connectivity index (χ3n) is 5.83. The Bertz CT molecular complexity index is 1100. The highest BCUT2D eigenvalue weighted by molar-refractivity contribution is 7.92. The van der Waals surface area contributed by atoms with Gasteiger partial charge in [-0.2, -0.15) is 0 Å². The van der Waals surface area contributed by atoms with Crippen molar-refractivity contribution in [2.75, 3.05) is 24.6 Å². The van der Waals surface area contributed by atoms with Crippen LogP contribution in [0.15, 0.2) is 53.4 Å². The lowest BCUT2D eigenvalue weighted by molar-refractivity contribution is 0.0613. The van der Waals surface area contributed by atoms with Gasteiger partial charge in [-0.25, -0.2) is 13.4 Å². The van der Waals surface area contributed by atoms with Crippen LogP contribution in [0, 0.1) is 5.92 Å². The molecule has 1 saturated heterocycles. The van der Waals surface area contributed by atoms with Gasteiger partial charge in [0.1, 0.15) is 11.3 Å². The zero-order valence-electron chi connectivity index (χ0n) is 17.6. The predicted molar refractivity (Wildman–Crippen MR) is 119 cm³/mol. The summed E-state index contributed by atoms with van der Waals surface area (Å²) in [7, 11) is -2.05. The second-order valence-electron chi connectivity index (χ2n) is 7.87. The fourth-order valence-corrected chi connectivity index (χ4v) is 5.34. The van der Waals surface area contributed by atoms with Gasteiger partial charge in [-0.1, -0.05) is 31.2 Å². The molecular weight excluding hydrogens is 398 g/mol. The summed E-state index contributed by atoms with van der Waals surface area (Å²) < 4.78 is 35.5. The molecule has 7 heteroatoms. The Morgan fingerprint density at radius 3 is 2.53 bits per heavy atom. The molecule has 0 radical (unpaired) electrons. The lowest BCUT2D eigenvalue weighted by Gasteiger charge is -2.24. The Labute approximate surface area is 178 Å². The van der Waals surface area contributed by atoms with E-state index in [0.29, 0.717) is 11.6 Å². The van der Waals surface area contributed by atoms with E-state index in [1.165, 1.54) is 4.31 Å². The largest absolute Gasteiger partial charge is 0.381 e. The van der Waals surface area contributed by atoms with E-state index in [9.17, 15) is 8.42 Å². The molecule has 2 aromatic carbocycles. The summed E-state index contributed by atoms with van der Waals surface area (Å²) in [6, 6.07) is 14.3. The van der Waals surface area contributed by atoms with Gasteiger partial charge in [0.05, 0.1) is 16.1 Å². The number of sulfonamides is 1. The minimum absolute atomic E-state index is 0.278. The molecule has 0 atom stereocenters. The van der Waals surface area contributed by atoms with Gasteiger partial charge in [-0.05, 0) is 49.4 Å². The second kappa shape index (κ2) is 8.78. The predicted octanol–water partition coefficient (Wildman–Crippen LogP) is 4.24. The Morgan fingerprint density at radius 2 is 1.83 bits per heavy atom. The minimum Gasteiger partial charge on any atom is -0.381 e. The zero-order chi connectivity index (χ0) is 21.1. The normalized spacial score (nSPS) is 15.5. The molecule has 1 aliphatic heterocycles. The average Bonchev–Trinajstić information content (AvgIpc) is 3.12. The van der Waals surface area contributed by atoms with Gasteiger partial charge in [-0.3, -0.25) is 4.31 Å². The monoisotopic (exact) mass is 427 g/mol. The number of imidazole rings is 1. The highest BCUT2D eigenvalue weighted by Crippen LogP contribution is 2.32. The maximum Gasteiger partial charge on any atom is 0.264 e. The summed E-state index contributed by atoms with van der Waals surface area (Å²) in [4.78, 5) is 5.20. The molecule has 6 nitrogen and oxygen atoms in total. The molecule has 0 amide bonds. The van der Waals surface area contributed by atoms with Crippen LogP contribution < -0.4 is 4.31 Å². The number of fused-ring (bicyclic) bond motifs is 1. The van der Waals surface area contributed by atoms with Crippen LogP contribution in [0.1, 0.15) is 32.0 Å². The van der Waals surface area contributed by atoms with Crippen molar-refractivity contribution < 1.29 is 13.2 Å². The number of para-hydroxylation sites is 1. The summed E-state index contributed by atoms with van der Waals surface area (Å²) in [5.74, 6) is 1.58. The van der Waals surface area contributed by atoms with E-state index in [4.69, 9.17) is 9.72 Å². The van der Waals surface area contributed by atoms with Crippen LogP contribution in [0.5, 0.6) is 0 Å². The molecule has 1 aliphatic rings. The number of aromatic nitrogens is 2. The van der Waals surface area contributed by atoms with E-state index in [1.54, 1.807) is 31.3 Å². The number of aryl methyl sites for hydroxylation is 1. The number of anilines is 1. The summed E-state index contributed by atoms with van der Waals surface area (Å²) in [5, 5.41) is 0. The van der Waals surface area contributed by atoms with Crippen LogP contribution in [0.25, 0.3) is 11.0 Å². The first kappa shape index (κ1) is 20.9. The third-order valence-corrected chi connectivity index (χ3v) is 7.62. The Kier molecular flexibility index (Phi) is 6.11. The number of rotatable bonds is 7. The quantitative estimate of drug-likeness (QED) is 0.566.